The van der Waals surface area contributed by atoms with Gasteiger partial charge in [0.05, 0.1) is 32.0 Å². The minimum atomic E-state index is -0.621. The van der Waals surface area contributed by atoms with Gasteiger partial charge in [0.15, 0.2) is 12.2 Å². The highest BCUT2D eigenvalue weighted by atomic mass is 16.7. The molecule has 0 bridgehead atoms. The molecule has 2 fully saturated rings. The van der Waals surface area contributed by atoms with Gasteiger partial charge in [0.2, 0.25) is 0 Å². The van der Waals surface area contributed by atoms with Crippen LogP contribution < -0.4 is 4.74 Å². The van der Waals surface area contributed by atoms with Gasteiger partial charge in [0.1, 0.15) is 18.0 Å². The van der Waals surface area contributed by atoms with Gasteiger partial charge in [-0.2, -0.15) is 0 Å². The highest BCUT2D eigenvalue weighted by Gasteiger charge is 2.51. The average Bonchev–Trinajstić information content (AvgIpc) is 3.75. The maximum absolute atomic E-state index is 13.0. The first-order chi connectivity index (χ1) is 24.5. The molecule has 50 heavy (non-hydrogen) atoms. The standard InChI is InChI=1S/C41H38O9/c1-2-37(42)46-25-7-6-24-45-34-21-19-32(20-22-34)31-15-17-33(18-16-31)41(44)50-36-27-48-39-35(26-47-40(36)39)49-38(43)23-12-28-10-13-30(14-11-28)29-8-4-3-5-9-29/h2-5,8-23,35-36,39-40H,1,6-7,24-27H2/b23-12+/t35-,36+,39-,40-/m1/s1. The van der Waals surface area contributed by atoms with Crippen molar-refractivity contribution in [2.45, 2.75) is 37.3 Å². The highest BCUT2D eigenvalue weighted by molar-refractivity contribution is 5.90. The van der Waals surface area contributed by atoms with Crippen molar-refractivity contribution in [1.29, 1.82) is 0 Å². The molecule has 4 aromatic carbocycles. The van der Waals surface area contributed by atoms with Crippen molar-refractivity contribution >= 4 is 24.0 Å². The van der Waals surface area contributed by atoms with Gasteiger partial charge in [-0.15, -0.1) is 0 Å². The van der Waals surface area contributed by atoms with Gasteiger partial charge in [-0.3, -0.25) is 0 Å². The fourth-order valence-corrected chi connectivity index (χ4v) is 5.77. The number of ether oxygens (including phenoxy) is 6. The number of hydrogen-bond donors (Lipinski definition) is 0. The maximum atomic E-state index is 13.0. The van der Waals surface area contributed by atoms with Crippen LogP contribution in [0.2, 0.25) is 0 Å². The number of benzene rings is 4. The van der Waals surface area contributed by atoms with Crippen LogP contribution in [-0.2, 0) is 33.3 Å². The molecule has 2 saturated heterocycles. The van der Waals surface area contributed by atoms with Gasteiger partial charge in [0, 0.05) is 12.2 Å². The highest BCUT2D eigenvalue weighted by Crippen LogP contribution is 2.32. The predicted octanol–water partition coefficient (Wildman–Crippen LogP) is 6.86. The molecular weight excluding hydrogens is 636 g/mol. The van der Waals surface area contributed by atoms with Crippen molar-refractivity contribution in [3.05, 3.63) is 133 Å². The molecule has 0 radical (unpaired) electrons. The summed E-state index contributed by atoms with van der Waals surface area (Å²) in [6.45, 7) is 4.51. The molecule has 2 aliphatic heterocycles. The predicted molar refractivity (Wildman–Crippen MR) is 187 cm³/mol. The molecule has 6 rings (SSSR count). The largest absolute Gasteiger partial charge is 0.494 e. The van der Waals surface area contributed by atoms with E-state index in [2.05, 4.69) is 6.58 Å². The molecule has 0 saturated carbocycles. The van der Waals surface area contributed by atoms with E-state index in [1.165, 1.54) is 6.08 Å². The molecule has 0 amide bonds. The summed E-state index contributed by atoms with van der Waals surface area (Å²) < 4.78 is 33.9. The molecule has 4 aromatic rings. The summed E-state index contributed by atoms with van der Waals surface area (Å²) in [5.41, 5.74) is 5.39. The van der Waals surface area contributed by atoms with Crippen molar-refractivity contribution in [3.8, 4) is 28.0 Å². The molecule has 9 heteroatoms. The summed E-state index contributed by atoms with van der Waals surface area (Å²) in [6, 6.07) is 32.8. The Morgan fingerprint density at radius 3 is 1.86 bits per heavy atom. The van der Waals surface area contributed by atoms with E-state index in [0.29, 0.717) is 25.2 Å². The third kappa shape index (κ3) is 8.93. The lowest BCUT2D eigenvalue weighted by Gasteiger charge is -2.17. The Morgan fingerprint density at radius 2 is 1.22 bits per heavy atom. The van der Waals surface area contributed by atoms with Crippen molar-refractivity contribution < 1.29 is 42.8 Å². The second kappa shape index (κ2) is 16.7. The van der Waals surface area contributed by atoms with Crippen molar-refractivity contribution in [2.24, 2.45) is 0 Å². The lowest BCUT2D eigenvalue weighted by atomic mass is 10.0. The molecule has 0 N–H and O–H groups in total. The zero-order valence-corrected chi connectivity index (χ0v) is 27.5. The minimum Gasteiger partial charge on any atom is -0.494 e. The van der Waals surface area contributed by atoms with Crippen LogP contribution in [0, 0.1) is 0 Å². The molecule has 0 aromatic heterocycles. The summed E-state index contributed by atoms with van der Waals surface area (Å²) in [7, 11) is 0. The Hall–Kier alpha value is -5.51. The summed E-state index contributed by atoms with van der Waals surface area (Å²) >= 11 is 0. The molecule has 4 atom stereocenters. The van der Waals surface area contributed by atoms with Crippen LogP contribution in [0.3, 0.4) is 0 Å². The smallest absolute Gasteiger partial charge is 0.338 e. The van der Waals surface area contributed by atoms with Gasteiger partial charge in [-0.05, 0) is 71.0 Å². The van der Waals surface area contributed by atoms with Gasteiger partial charge >= 0.3 is 17.9 Å². The quantitative estimate of drug-likeness (QED) is 0.0614. The molecule has 256 valence electrons. The number of carbonyl (C=O) groups excluding carboxylic acids is 3. The zero-order valence-electron chi connectivity index (χ0n) is 27.5. The van der Waals surface area contributed by atoms with E-state index in [4.69, 9.17) is 28.4 Å². The van der Waals surface area contributed by atoms with Crippen molar-refractivity contribution in [1.82, 2.24) is 0 Å². The molecular formula is C41H38O9. The van der Waals surface area contributed by atoms with Gasteiger partial charge < -0.3 is 28.4 Å². The van der Waals surface area contributed by atoms with E-state index >= 15 is 0 Å². The van der Waals surface area contributed by atoms with Crippen LogP contribution in [-0.4, -0.2) is 68.8 Å². The Kier molecular flexibility index (Phi) is 11.5. The van der Waals surface area contributed by atoms with E-state index in [0.717, 1.165) is 46.1 Å². The lowest BCUT2D eigenvalue weighted by Crippen LogP contribution is -2.35. The van der Waals surface area contributed by atoms with Gasteiger partial charge in [0.25, 0.3) is 0 Å². The first-order valence-electron chi connectivity index (χ1n) is 16.6. The number of fused-ring (bicyclic) bond motifs is 1. The van der Waals surface area contributed by atoms with E-state index in [1.807, 2.05) is 91.0 Å². The fraction of sp³-hybridized carbons (Fsp3) is 0.244. The van der Waals surface area contributed by atoms with Crippen LogP contribution in [0.1, 0.15) is 28.8 Å². The summed E-state index contributed by atoms with van der Waals surface area (Å²) in [5.74, 6) is -0.674. The second-order valence-electron chi connectivity index (χ2n) is 11.9. The first-order valence-corrected chi connectivity index (χ1v) is 16.6. The fourth-order valence-electron chi connectivity index (χ4n) is 5.77. The van der Waals surface area contributed by atoms with Crippen LogP contribution in [0.15, 0.2) is 122 Å². The molecule has 0 spiro atoms. The minimum absolute atomic E-state index is 0.147. The van der Waals surface area contributed by atoms with Crippen LogP contribution in [0.4, 0.5) is 0 Å². The normalized spacial score (nSPS) is 19.4. The number of carbonyl (C=O) groups is 3. The van der Waals surface area contributed by atoms with Crippen molar-refractivity contribution in [3.63, 3.8) is 0 Å². The van der Waals surface area contributed by atoms with Crippen LogP contribution >= 0.6 is 0 Å². The summed E-state index contributed by atoms with van der Waals surface area (Å²) in [6.07, 6.45) is 3.42. The van der Waals surface area contributed by atoms with E-state index < -0.39 is 42.3 Å². The number of unbranched alkanes of at least 4 members (excludes halogenated alkanes) is 1. The van der Waals surface area contributed by atoms with E-state index in [9.17, 15) is 14.4 Å². The topological polar surface area (TPSA) is 107 Å². The van der Waals surface area contributed by atoms with E-state index in [-0.39, 0.29) is 13.2 Å². The summed E-state index contributed by atoms with van der Waals surface area (Å²) in [5, 5.41) is 0. The second-order valence-corrected chi connectivity index (χ2v) is 11.9. The molecule has 2 heterocycles. The SMILES string of the molecule is C=CC(=O)OCCCCOc1ccc(-c2ccc(C(=O)O[C@H]3CO[C@H]4[C@@H]3OC[C@H]4OC(=O)/C=C/c3ccc(-c4ccccc4)cc3)cc2)cc1. The number of esters is 3. The Labute approximate surface area is 291 Å². The number of hydrogen-bond acceptors (Lipinski definition) is 9. The lowest BCUT2D eigenvalue weighted by molar-refractivity contribution is -0.147. The zero-order chi connectivity index (χ0) is 34.7. The molecule has 0 aliphatic carbocycles. The third-order valence-electron chi connectivity index (χ3n) is 8.44. The Bertz CT molecular complexity index is 1780. The third-order valence-corrected chi connectivity index (χ3v) is 8.44. The van der Waals surface area contributed by atoms with Crippen molar-refractivity contribution in [2.75, 3.05) is 26.4 Å². The monoisotopic (exact) mass is 674 g/mol. The van der Waals surface area contributed by atoms with Gasteiger partial charge in [-0.25, -0.2) is 14.4 Å². The molecule has 2 aliphatic rings. The van der Waals surface area contributed by atoms with Crippen LogP contribution in [0.25, 0.3) is 28.3 Å². The molecule has 0 unspecified atom stereocenters. The number of rotatable bonds is 14. The average molecular weight is 675 g/mol. The Morgan fingerprint density at radius 1 is 0.660 bits per heavy atom. The van der Waals surface area contributed by atoms with Crippen LogP contribution in [0.5, 0.6) is 5.75 Å². The maximum Gasteiger partial charge on any atom is 0.338 e. The molecule has 9 nitrogen and oxygen atoms in total. The van der Waals surface area contributed by atoms with E-state index in [1.54, 1.807) is 18.2 Å². The first kappa shape index (κ1) is 34.4. The van der Waals surface area contributed by atoms with Gasteiger partial charge in [-0.1, -0.05) is 85.4 Å². The Balaban J connectivity index is 0.936. The summed E-state index contributed by atoms with van der Waals surface area (Å²) in [4.78, 5) is 36.7.